The summed E-state index contributed by atoms with van der Waals surface area (Å²) in [4.78, 5) is 0. The minimum absolute atomic E-state index is 0.00248. The van der Waals surface area contributed by atoms with Crippen molar-refractivity contribution in [3.05, 3.63) is 29.8 Å². The van der Waals surface area contributed by atoms with Crippen molar-refractivity contribution in [3.63, 3.8) is 0 Å². The number of hydrogen-bond acceptors (Lipinski definition) is 4. The number of aliphatic hydroxyl groups excluding tert-OH is 1. The second kappa shape index (κ2) is 4.07. The van der Waals surface area contributed by atoms with Crippen LogP contribution in [0.1, 0.15) is 18.1 Å². The molecule has 88 valence electrons. The summed E-state index contributed by atoms with van der Waals surface area (Å²) in [6, 6.07) is 6.48. The summed E-state index contributed by atoms with van der Waals surface area (Å²) in [7, 11) is -3.00. The summed E-state index contributed by atoms with van der Waals surface area (Å²) < 4.78 is 22.6. The molecule has 16 heavy (non-hydrogen) atoms. The van der Waals surface area contributed by atoms with E-state index in [4.69, 9.17) is 0 Å². The number of phenols is 1. The molecule has 0 amide bonds. The van der Waals surface area contributed by atoms with Gasteiger partial charge in [-0.25, -0.2) is 8.42 Å². The molecule has 1 fully saturated rings. The zero-order valence-corrected chi connectivity index (χ0v) is 9.52. The highest BCUT2D eigenvalue weighted by molar-refractivity contribution is 7.91. The van der Waals surface area contributed by atoms with Crippen molar-refractivity contribution in [2.24, 2.45) is 5.92 Å². The molecular formula is C11H14O4S. The molecule has 2 unspecified atom stereocenters. The second-order valence-electron chi connectivity index (χ2n) is 4.17. The maximum atomic E-state index is 11.3. The fraction of sp³-hybridized carbons (Fsp3) is 0.455. The highest BCUT2D eigenvalue weighted by Crippen LogP contribution is 2.34. The number of rotatable bonds is 2. The van der Waals surface area contributed by atoms with Gasteiger partial charge in [0, 0.05) is 11.5 Å². The summed E-state index contributed by atoms with van der Waals surface area (Å²) in [5.41, 5.74) is 0.407. The summed E-state index contributed by atoms with van der Waals surface area (Å²) in [6.07, 6.45) is -0.448. The highest BCUT2D eigenvalue weighted by Gasteiger charge is 2.34. The Labute approximate surface area is 94.5 Å². The van der Waals surface area contributed by atoms with E-state index in [1.54, 1.807) is 18.2 Å². The average molecular weight is 242 g/mol. The zero-order chi connectivity index (χ0) is 11.8. The quantitative estimate of drug-likeness (QED) is 0.806. The van der Waals surface area contributed by atoms with Crippen LogP contribution in [-0.4, -0.2) is 30.1 Å². The number of hydrogen-bond donors (Lipinski definition) is 2. The lowest BCUT2D eigenvalue weighted by molar-refractivity contribution is 0.118. The third-order valence-electron chi connectivity index (χ3n) is 2.97. The predicted octanol–water partition coefficient (Wildman–Crippen LogP) is 0.860. The van der Waals surface area contributed by atoms with Gasteiger partial charge in [-0.2, -0.15) is 0 Å². The molecule has 5 heteroatoms. The molecule has 0 radical (unpaired) electrons. The average Bonchev–Trinajstić information content (AvgIpc) is 2.59. The van der Waals surface area contributed by atoms with E-state index >= 15 is 0 Å². The van der Waals surface area contributed by atoms with E-state index in [1.165, 1.54) is 6.07 Å². The number of sulfone groups is 1. The molecule has 2 N–H and O–H groups in total. The van der Waals surface area contributed by atoms with E-state index in [0.29, 0.717) is 12.0 Å². The lowest BCUT2D eigenvalue weighted by Crippen LogP contribution is -2.14. The van der Waals surface area contributed by atoms with Crippen LogP contribution in [-0.2, 0) is 9.84 Å². The SMILES string of the molecule is O=S1(=O)CCC(C(O)c2ccccc2O)C1. The van der Waals surface area contributed by atoms with Gasteiger partial charge in [0.25, 0.3) is 0 Å². The van der Waals surface area contributed by atoms with Crippen LogP contribution in [0.2, 0.25) is 0 Å². The Morgan fingerprint density at radius 1 is 1.31 bits per heavy atom. The molecule has 4 nitrogen and oxygen atoms in total. The lowest BCUT2D eigenvalue weighted by Gasteiger charge is -2.17. The van der Waals surface area contributed by atoms with Crippen LogP contribution < -0.4 is 0 Å². The predicted molar refractivity (Wildman–Crippen MR) is 59.8 cm³/mol. The van der Waals surface area contributed by atoms with Gasteiger partial charge in [0.2, 0.25) is 0 Å². The smallest absolute Gasteiger partial charge is 0.150 e. The Balaban J connectivity index is 2.21. The second-order valence-corrected chi connectivity index (χ2v) is 6.40. The van der Waals surface area contributed by atoms with Gasteiger partial charge in [-0.05, 0) is 12.5 Å². The Bertz CT molecular complexity index is 481. The molecule has 1 aliphatic heterocycles. The lowest BCUT2D eigenvalue weighted by atomic mass is 9.95. The van der Waals surface area contributed by atoms with Crippen molar-refractivity contribution in [2.75, 3.05) is 11.5 Å². The van der Waals surface area contributed by atoms with Crippen molar-refractivity contribution < 1.29 is 18.6 Å². The Morgan fingerprint density at radius 2 is 2.00 bits per heavy atom. The maximum Gasteiger partial charge on any atom is 0.150 e. The first kappa shape index (κ1) is 11.4. The van der Waals surface area contributed by atoms with E-state index in [-0.39, 0.29) is 23.2 Å². The fourth-order valence-electron chi connectivity index (χ4n) is 2.06. The molecule has 0 aliphatic carbocycles. The molecule has 1 aromatic rings. The monoisotopic (exact) mass is 242 g/mol. The minimum Gasteiger partial charge on any atom is -0.508 e. The molecule has 1 aromatic carbocycles. The van der Waals surface area contributed by atoms with Crippen LogP contribution in [0, 0.1) is 5.92 Å². The molecule has 2 rings (SSSR count). The molecule has 1 heterocycles. The number of aromatic hydroxyl groups is 1. The first-order valence-electron chi connectivity index (χ1n) is 5.16. The summed E-state index contributed by atoms with van der Waals surface area (Å²) >= 11 is 0. The number of phenolic OH excluding ortho intramolecular Hbond substituents is 1. The van der Waals surface area contributed by atoms with Gasteiger partial charge in [-0.1, -0.05) is 18.2 Å². The minimum atomic E-state index is -3.00. The van der Waals surface area contributed by atoms with Crippen molar-refractivity contribution >= 4 is 9.84 Å². The first-order valence-corrected chi connectivity index (χ1v) is 6.98. The molecule has 0 spiro atoms. The Hall–Kier alpha value is -1.07. The van der Waals surface area contributed by atoms with Crippen LogP contribution >= 0.6 is 0 Å². The van der Waals surface area contributed by atoms with E-state index in [1.807, 2.05) is 0 Å². The van der Waals surface area contributed by atoms with E-state index in [9.17, 15) is 18.6 Å². The van der Waals surface area contributed by atoms with Crippen LogP contribution in [0.3, 0.4) is 0 Å². The van der Waals surface area contributed by atoms with E-state index in [0.717, 1.165) is 0 Å². The summed E-state index contributed by atoms with van der Waals surface area (Å²) in [6.45, 7) is 0. The summed E-state index contributed by atoms with van der Waals surface area (Å²) in [5, 5.41) is 19.6. The van der Waals surface area contributed by atoms with Crippen molar-refractivity contribution in [1.82, 2.24) is 0 Å². The van der Waals surface area contributed by atoms with Gasteiger partial charge in [-0.15, -0.1) is 0 Å². The zero-order valence-electron chi connectivity index (χ0n) is 8.70. The largest absolute Gasteiger partial charge is 0.508 e. The van der Waals surface area contributed by atoms with Gasteiger partial charge < -0.3 is 10.2 Å². The van der Waals surface area contributed by atoms with Crippen LogP contribution in [0.4, 0.5) is 0 Å². The topological polar surface area (TPSA) is 74.6 Å². The van der Waals surface area contributed by atoms with Crippen molar-refractivity contribution in [3.8, 4) is 5.75 Å². The fourth-order valence-corrected chi connectivity index (χ4v) is 3.89. The van der Waals surface area contributed by atoms with Crippen molar-refractivity contribution in [2.45, 2.75) is 12.5 Å². The van der Waals surface area contributed by atoms with Crippen LogP contribution in [0.15, 0.2) is 24.3 Å². The summed E-state index contributed by atoms with van der Waals surface area (Å²) in [5.74, 6) is -0.164. The number of aliphatic hydroxyl groups is 1. The van der Waals surface area contributed by atoms with Crippen molar-refractivity contribution in [1.29, 1.82) is 0 Å². The molecular weight excluding hydrogens is 228 g/mol. The van der Waals surface area contributed by atoms with Gasteiger partial charge in [0.15, 0.2) is 9.84 Å². The van der Waals surface area contributed by atoms with Gasteiger partial charge in [0.05, 0.1) is 17.6 Å². The molecule has 0 aromatic heterocycles. The first-order chi connectivity index (χ1) is 7.49. The van der Waals surface area contributed by atoms with Gasteiger partial charge >= 0.3 is 0 Å². The molecule has 1 saturated heterocycles. The molecule has 2 atom stereocenters. The molecule has 0 saturated carbocycles. The number of benzene rings is 1. The maximum absolute atomic E-state index is 11.3. The molecule has 0 bridgehead atoms. The van der Waals surface area contributed by atoms with Gasteiger partial charge in [-0.3, -0.25) is 0 Å². The van der Waals surface area contributed by atoms with Crippen LogP contribution in [0.25, 0.3) is 0 Å². The molecule has 1 aliphatic rings. The standard InChI is InChI=1S/C11H14O4S/c12-10-4-2-1-3-9(10)11(13)8-5-6-16(14,15)7-8/h1-4,8,11-13H,5-7H2. The third-order valence-corrected chi connectivity index (χ3v) is 4.76. The van der Waals surface area contributed by atoms with Gasteiger partial charge in [0.1, 0.15) is 5.75 Å². The van der Waals surface area contributed by atoms with Crippen LogP contribution in [0.5, 0.6) is 5.75 Å². The van der Waals surface area contributed by atoms with E-state index in [2.05, 4.69) is 0 Å². The Morgan fingerprint density at radius 3 is 2.56 bits per heavy atom. The highest BCUT2D eigenvalue weighted by atomic mass is 32.2. The third kappa shape index (κ3) is 2.20. The Kier molecular flexibility index (Phi) is 2.90. The normalized spacial score (nSPS) is 25.4. The van der Waals surface area contributed by atoms with E-state index < -0.39 is 15.9 Å². The number of para-hydroxylation sites is 1.